The second kappa shape index (κ2) is 3.67. The number of hydrogen-bond donors (Lipinski definition) is 1. The molecule has 0 fully saturated rings. The van der Waals surface area contributed by atoms with Crippen molar-refractivity contribution in [2.24, 2.45) is 0 Å². The Morgan fingerprint density at radius 1 is 1.29 bits per heavy atom. The maximum atomic E-state index is 9.14. The van der Waals surface area contributed by atoms with E-state index >= 15 is 0 Å². The van der Waals surface area contributed by atoms with Gasteiger partial charge in [-0.3, -0.25) is 0 Å². The first-order chi connectivity index (χ1) is 6.77. The van der Waals surface area contributed by atoms with E-state index in [-0.39, 0.29) is 5.75 Å². The summed E-state index contributed by atoms with van der Waals surface area (Å²) in [5, 5.41) is 12.0. The topological polar surface area (TPSA) is 36.4 Å². The summed E-state index contributed by atoms with van der Waals surface area (Å²) >= 11 is 1.58. The second-order valence-electron chi connectivity index (χ2n) is 2.89. The van der Waals surface area contributed by atoms with E-state index in [0.717, 1.165) is 10.8 Å². The largest absolute Gasteiger partial charge is 0.508 e. The van der Waals surface area contributed by atoms with E-state index in [1.54, 1.807) is 29.7 Å². The number of anilines is 2. The third-order valence-corrected chi connectivity index (χ3v) is 2.79. The van der Waals surface area contributed by atoms with Crippen LogP contribution in [0.3, 0.4) is 0 Å². The third kappa shape index (κ3) is 1.70. The minimum Gasteiger partial charge on any atom is -0.508 e. The highest BCUT2D eigenvalue weighted by molar-refractivity contribution is 7.13. The Labute approximate surface area is 86.3 Å². The van der Waals surface area contributed by atoms with E-state index in [9.17, 15) is 0 Å². The number of aromatic hydroxyl groups is 1. The molecule has 3 nitrogen and oxygen atoms in total. The van der Waals surface area contributed by atoms with Crippen LogP contribution >= 0.6 is 11.3 Å². The van der Waals surface area contributed by atoms with Crippen molar-refractivity contribution in [3.8, 4) is 5.75 Å². The molecule has 0 aliphatic carbocycles. The van der Waals surface area contributed by atoms with Gasteiger partial charge in [-0.25, -0.2) is 4.98 Å². The summed E-state index contributed by atoms with van der Waals surface area (Å²) in [4.78, 5) is 6.17. The Bertz CT molecular complexity index is 397. The second-order valence-corrected chi connectivity index (χ2v) is 3.76. The van der Waals surface area contributed by atoms with Gasteiger partial charge in [-0.2, -0.15) is 0 Å². The van der Waals surface area contributed by atoms with Crippen molar-refractivity contribution in [3.63, 3.8) is 0 Å². The van der Waals surface area contributed by atoms with Crippen LogP contribution in [0.1, 0.15) is 0 Å². The smallest absolute Gasteiger partial charge is 0.189 e. The van der Waals surface area contributed by atoms with Gasteiger partial charge in [0.05, 0.1) is 0 Å². The molecule has 0 saturated heterocycles. The number of nitrogens with zero attached hydrogens (tertiary/aromatic N) is 2. The third-order valence-electron chi connectivity index (χ3n) is 1.94. The van der Waals surface area contributed by atoms with Crippen LogP contribution in [-0.2, 0) is 0 Å². The van der Waals surface area contributed by atoms with Crippen LogP contribution in [-0.4, -0.2) is 17.1 Å². The van der Waals surface area contributed by atoms with E-state index in [1.807, 2.05) is 29.5 Å². The molecule has 4 heteroatoms. The molecule has 0 bridgehead atoms. The average molecular weight is 206 g/mol. The van der Waals surface area contributed by atoms with Crippen LogP contribution < -0.4 is 4.90 Å². The van der Waals surface area contributed by atoms with Crippen LogP contribution in [0.5, 0.6) is 5.75 Å². The van der Waals surface area contributed by atoms with Crippen LogP contribution in [0.2, 0.25) is 0 Å². The van der Waals surface area contributed by atoms with Crippen LogP contribution in [0.4, 0.5) is 10.8 Å². The number of hydrogen-bond acceptors (Lipinski definition) is 4. The fourth-order valence-corrected chi connectivity index (χ4v) is 1.80. The van der Waals surface area contributed by atoms with Crippen LogP contribution in [0.15, 0.2) is 35.8 Å². The Morgan fingerprint density at radius 3 is 2.57 bits per heavy atom. The van der Waals surface area contributed by atoms with E-state index in [0.29, 0.717) is 0 Å². The summed E-state index contributed by atoms with van der Waals surface area (Å²) in [7, 11) is 1.95. The van der Waals surface area contributed by atoms with Gasteiger partial charge in [0.2, 0.25) is 0 Å². The number of benzene rings is 1. The molecule has 0 unspecified atom stereocenters. The number of aromatic nitrogens is 1. The number of rotatable bonds is 2. The van der Waals surface area contributed by atoms with Crippen LogP contribution in [0, 0.1) is 0 Å². The molecule has 0 spiro atoms. The molecule has 0 aliphatic heterocycles. The Morgan fingerprint density at radius 2 is 2.00 bits per heavy atom. The molecule has 0 atom stereocenters. The minimum atomic E-state index is 0.279. The quantitative estimate of drug-likeness (QED) is 0.820. The highest BCUT2D eigenvalue weighted by atomic mass is 32.1. The lowest BCUT2D eigenvalue weighted by Crippen LogP contribution is -2.08. The molecule has 0 amide bonds. The monoisotopic (exact) mass is 206 g/mol. The Balaban J connectivity index is 2.28. The van der Waals surface area contributed by atoms with Gasteiger partial charge in [0.25, 0.3) is 0 Å². The van der Waals surface area contributed by atoms with Crippen molar-refractivity contribution in [1.82, 2.24) is 4.98 Å². The van der Waals surface area contributed by atoms with Gasteiger partial charge in [-0.1, -0.05) is 0 Å². The molecule has 1 aromatic heterocycles. The summed E-state index contributed by atoms with van der Waals surface area (Å²) in [5.74, 6) is 0.279. The van der Waals surface area contributed by atoms with Crippen molar-refractivity contribution in [2.75, 3.05) is 11.9 Å². The highest BCUT2D eigenvalue weighted by Gasteiger charge is 2.05. The van der Waals surface area contributed by atoms with Crippen molar-refractivity contribution >= 4 is 22.2 Å². The first-order valence-corrected chi connectivity index (χ1v) is 5.07. The summed E-state index contributed by atoms with van der Waals surface area (Å²) in [6.45, 7) is 0. The number of phenolic OH excluding ortho intramolecular Hbond substituents is 1. The van der Waals surface area contributed by atoms with E-state index in [1.165, 1.54) is 0 Å². The normalized spacial score (nSPS) is 10.1. The Hall–Kier alpha value is -1.55. The van der Waals surface area contributed by atoms with Gasteiger partial charge in [0.1, 0.15) is 5.75 Å². The maximum absolute atomic E-state index is 9.14. The molecular formula is C10H10N2OS. The van der Waals surface area contributed by atoms with Crippen molar-refractivity contribution in [1.29, 1.82) is 0 Å². The van der Waals surface area contributed by atoms with Crippen LogP contribution in [0.25, 0.3) is 0 Å². The van der Waals surface area contributed by atoms with Gasteiger partial charge < -0.3 is 10.0 Å². The molecule has 72 valence electrons. The fraction of sp³-hybridized carbons (Fsp3) is 0.100. The predicted molar refractivity (Wildman–Crippen MR) is 58.3 cm³/mol. The number of thiazole rings is 1. The first kappa shape index (κ1) is 9.02. The van der Waals surface area contributed by atoms with E-state index in [4.69, 9.17) is 5.11 Å². The lowest BCUT2D eigenvalue weighted by molar-refractivity contribution is 0.475. The molecule has 0 saturated carbocycles. The molecule has 2 rings (SSSR count). The average Bonchev–Trinajstić information content (AvgIpc) is 2.71. The van der Waals surface area contributed by atoms with Crippen molar-refractivity contribution < 1.29 is 5.11 Å². The SMILES string of the molecule is CN(c1ccc(O)cc1)c1nccs1. The predicted octanol–water partition coefficient (Wildman–Crippen LogP) is 2.62. The zero-order valence-electron chi connectivity index (χ0n) is 7.71. The number of phenols is 1. The molecular weight excluding hydrogens is 196 g/mol. The molecule has 0 radical (unpaired) electrons. The maximum Gasteiger partial charge on any atom is 0.189 e. The lowest BCUT2D eigenvalue weighted by Gasteiger charge is -2.15. The highest BCUT2D eigenvalue weighted by Crippen LogP contribution is 2.26. The van der Waals surface area contributed by atoms with E-state index < -0.39 is 0 Å². The zero-order chi connectivity index (χ0) is 9.97. The summed E-state index contributed by atoms with van der Waals surface area (Å²) in [6.07, 6.45) is 1.77. The minimum absolute atomic E-state index is 0.279. The van der Waals surface area contributed by atoms with Gasteiger partial charge in [0.15, 0.2) is 5.13 Å². The summed E-state index contributed by atoms with van der Waals surface area (Å²) in [6, 6.07) is 7.05. The lowest BCUT2D eigenvalue weighted by atomic mass is 10.3. The summed E-state index contributed by atoms with van der Waals surface area (Å²) < 4.78 is 0. The first-order valence-electron chi connectivity index (χ1n) is 4.19. The van der Waals surface area contributed by atoms with Gasteiger partial charge in [-0.05, 0) is 24.3 Å². The molecule has 1 N–H and O–H groups in total. The van der Waals surface area contributed by atoms with Crippen molar-refractivity contribution in [2.45, 2.75) is 0 Å². The fourth-order valence-electron chi connectivity index (χ4n) is 1.17. The van der Waals surface area contributed by atoms with E-state index in [2.05, 4.69) is 4.98 Å². The molecule has 0 aliphatic rings. The molecule has 1 aromatic carbocycles. The van der Waals surface area contributed by atoms with Gasteiger partial charge in [-0.15, -0.1) is 11.3 Å². The van der Waals surface area contributed by atoms with Crippen molar-refractivity contribution in [3.05, 3.63) is 35.8 Å². The summed E-state index contributed by atoms with van der Waals surface area (Å²) in [5.41, 5.74) is 1.01. The zero-order valence-corrected chi connectivity index (χ0v) is 8.53. The molecule has 1 heterocycles. The Kier molecular flexibility index (Phi) is 2.37. The van der Waals surface area contributed by atoms with Gasteiger partial charge >= 0.3 is 0 Å². The standard InChI is InChI=1S/C10H10N2OS/c1-12(10-11-6-7-14-10)8-2-4-9(13)5-3-8/h2-7,13H,1H3. The van der Waals surface area contributed by atoms with Gasteiger partial charge in [0, 0.05) is 24.3 Å². The molecule has 2 aromatic rings. The molecule has 14 heavy (non-hydrogen) atoms.